The maximum absolute atomic E-state index is 12.8. The zero-order valence-electron chi connectivity index (χ0n) is 16.7. The van der Waals surface area contributed by atoms with E-state index >= 15 is 0 Å². The van der Waals surface area contributed by atoms with Gasteiger partial charge in [0.15, 0.2) is 0 Å². The highest BCUT2D eigenvalue weighted by atomic mass is 16.6. The number of hydrogen-bond donors (Lipinski definition) is 0. The first-order chi connectivity index (χ1) is 13.5. The standard InChI is InChI=1S/C21H29N3O4/c1-3-28-21(27)24-13-11-23(12-14-24)19(25)17-7-9-22(10-8-17)20(26)18-6-4-5-16(2)15-18/h4-6,15,17H,3,7-14H2,1-2H3. The summed E-state index contributed by atoms with van der Waals surface area (Å²) in [6.45, 7) is 7.43. The first-order valence-electron chi connectivity index (χ1n) is 10.1. The molecule has 3 amide bonds. The summed E-state index contributed by atoms with van der Waals surface area (Å²) < 4.78 is 5.02. The van der Waals surface area contributed by atoms with E-state index in [4.69, 9.17) is 4.74 Å². The van der Waals surface area contributed by atoms with Crippen molar-refractivity contribution in [1.29, 1.82) is 0 Å². The Labute approximate surface area is 166 Å². The van der Waals surface area contributed by atoms with E-state index in [0.29, 0.717) is 64.3 Å². The highest BCUT2D eigenvalue weighted by Gasteiger charge is 2.32. The molecule has 0 N–H and O–H groups in total. The van der Waals surface area contributed by atoms with Crippen LogP contribution in [0, 0.1) is 12.8 Å². The van der Waals surface area contributed by atoms with Crippen molar-refractivity contribution in [3.63, 3.8) is 0 Å². The van der Waals surface area contributed by atoms with E-state index in [-0.39, 0.29) is 23.8 Å². The molecule has 2 heterocycles. The quantitative estimate of drug-likeness (QED) is 0.797. The van der Waals surface area contributed by atoms with Crippen LogP contribution in [0.4, 0.5) is 4.79 Å². The molecule has 0 spiro atoms. The maximum Gasteiger partial charge on any atom is 0.409 e. The number of hydrogen-bond acceptors (Lipinski definition) is 4. The van der Waals surface area contributed by atoms with Gasteiger partial charge in [0.25, 0.3) is 5.91 Å². The fraction of sp³-hybridized carbons (Fsp3) is 0.571. The lowest BCUT2D eigenvalue weighted by atomic mass is 9.94. The number of amides is 3. The van der Waals surface area contributed by atoms with Crippen molar-refractivity contribution in [2.45, 2.75) is 26.7 Å². The molecule has 152 valence electrons. The van der Waals surface area contributed by atoms with Gasteiger partial charge in [0.1, 0.15) is 0 Å². The van der Waals surface area contributed by atoms with Crippen molar-refractivity contribution in [3.05, 3.63) is 35.4 Å². The Hall–Kier alpha value is -2.57. The summed E-state index contributed by atoms with van der Waals surface area (Å²) in [5.41, 5.74) is 1.78. The summed E-state index contributed by atoms with van der Waals surface area (Å²) >= 11 is 0. The molecule has 0 atom stereocenters. The SMILES string of the molecule is CCOC(=O)N1CCN(C(=O)C2CCN(C(=O)c3cccc(C)c3)CC2)CC1. The van der Waals surface area contributed by atoms with E-state index in [1.54, 1.807) is 11.8 Å². The summed E-state index contributed by atoms with van der Waals surface area (Å²) in [6, 6.07) is 7.62. The average molecular weight is 387 g/mol. The Morgan fingerprint density at radius 2 is 1.61 bits per heavy atom. The predicted octanol–water partition coefficient (Wildman–Crippen LogP) is 2.15. The molecule has 0 aliphatic carbocycles. The molecule has 2 fully saturated rings. The van der Waals surface area contributed by atoms with Gasteiger partial charge < -0.3 is 19.4 Å². The van der Waals surface area contributed by atoms with Gasteiger partial charge in [0, 0.05) is 50.7 Å². The van der Waals surface area contributed by atoms with Crippen molar-refractivity contribution in [3.8, 4) is 0 Å². The summed E-state index contributed by atoms with van der Waals surface area (Å²) in [7, 11) is 0. The van der Waals surface area contributed by atoms with Crippen LogP contribution >= 0.6 is 0 Å². The van der Waals surface area contributed by atoms with E-state index in [2.05, 4.69) is 0 Å². The summed E-state index contributed by atoms with van der Waals surface area (Å²) in [6.07, 6.45) is 1.07. The third-order valence-corrected chi connectivity index (χ3v) is 5.51. The smallest absolute Gasteiger partial charge is 0.409 e. The average Bonchev–Trinajstić information content (AvgIpc) is 2.73. The zero-order valence-corrected chi connectivity index (χ0v) is 16.7. The molecule has 2 saturated heterocycles. The van der Waals surface area contributed by atoms with Gasteiger partial charge in [-0.15, -0.1) is 0 Å². The van der Waals surface area contributed by atoms with Gasteiger partial charge in [-0.2, -0.15) is 0 Å². The van der Waals surface area contributed by atoms with E-state index in [1.165, 1.54) is 0 Å². The van der Waals surface area contributed by atoms with Gasteiger partial charge in [-0.1, -0.05) is 17.7 Å². The number of piperazine rings is 1. The van der Waals surface area contributed by atoms with Crippen LogP contribution in [0.3, 0.4) is 0 Å². The highest BCUT2D eigenvalue weighted by Crippen LogP contribution is 2.22. The summed E-state index contributed by atoms with van der Waals surface area (Å²) in [5, 5.41) is 0. The van der Waals surface area contributed by atoms with Gasteiger partial charge in [-0.05, 0) is 38.8 Å². The molecule has 0 radical (unpaired) electrons. The fourth-order valence-electron chi connectivity index (χ4n) is 3.87. The molecule has 28 heavy (non-hydrogen) atoms. The first-order valence-corrected chi connectivity index (χ1v) is 10.1. The van der Waals surface area contributed by atoms with Crippen LogP contribution in [0.5, 0.6) is 0 Å². The van der Waals surface area contributed by atoms with Gasteiger partial charge in [0.05, 0.1) is 6.61 Å². The van der Waals surface area contributed by atoms with Crippen LogP contribution in [-0.4, -0.2) is 78.5 Å². The monoisotopic (exact) mass is 387 g/mol. The molecule has 0 bridgehead atoms. The minimum Gasteiger partial charge on any atom is -0.450 e. The predicted molar refractivity (Wildman–Crippen MR) is 105 cm³/mol. The lowest BCUT2D eigenvalue weighted by Gasteiger charge is -2.38. The van der Waals surface area contributed by atoms with Gasteiger partial charge in [-0.25, -0.2) is 4.79 Å². The molecular formula is C21H29N3O4. The largest absolute Gasteiger partial charge is 0.450 e. The normalized spacial score (nSPS) is 18.1. The Morgan fingerprint density at radius 3 is 2.21 bits per heavy atom. The van der Waals surface area contributed by atoms with Crippen molar-refractivity contribution in [2.75, 3.05) is 45.9 Å². The lowest BCUT2D eigenvalue weighted by molar-refractivity contribution is -0.138. The van der Waals surface area contributed by atoms with E-state index in [0.717, 1.165) is 5.56 Å². The second kappa shape index (κ2) is 9.08. The van der Waals surface area contributed by atoms with Gasteiger partial charge >= 0.3 is 6.09 Å². The van der Waals surface area contributed by atoms with E-state index in [1.807, 2.05) is 41.0 Å². The third-order valence-electron chi connectivity index (χ3n) is 5.51. The molecule has 2 aliphatic rings. The van der Waals surface area contributed by atoms with Crippen molar-refractivity contribution >= 4 is 17.9 Å². The second-order valence-corrected chi connectivity index (χ2v) is 7.45. The third kappa shape index (κ3) is 4.64. The molecule has 1 aromatic carbocycles. The Morgan fingerprint density at radius 1 is 0.964 bits per heavy atom. The second-order valence-electron chi connectivity index (χ2n) is 7.45. The fourth-order valence-corrected chi connectivity index (χ4v) is 3.87. The van der Waals surface area contributed by atoms with Crippen molar-refractivity contribution in [1.82, 2.24) is 14.7 Å². The van der Waals surface area contributed by atoms with E-state index < -0.39 is 0 Å². The van der Waals surface area contributed by atoms with Crippen LogP contribution in [0.2, 0.25) is 0 Å². The number of piperidine rings is 1. The number of aryl methyl sites for hydroxylation is 1. The summed E-state index contributed by atoms with van der Waals surface area (Å²) in [4.78, 5) is 42.6. The minimum absolute atomic E-state index is 0.0395. The van der Waals surface area contributed by atoms with Crippen LogP contribution in [0.25, 0.3) is 0 Å². The van der Waals surface area contributed by atoms with Crippen molar-refractivity contribution < 1.29 is 19.1 Å². The number of rotatable bonds is 3. The number of likely N-dealkylation sites (tertiary alicyclic amines) is 1. The van der Waals surface area contributed by atoms with Crippen molar-refractivity contribution in [2.24, 2.45) is 5.92 Å². The number of nitrogens with zero attached hydrogens (tertiary/aromatic N) is 3. The van der Waals surface area contributed by atoms with Gasteiger partial charge in [0.2, 0.25) is 5.91 Å². The van der Waals surface area contributed by atoms with Crippen LogP contribution in [0.15, 0.2) is 24.3 Å². The molecule has 0 unspecified atom stereocenters. The molecule has 7 nitrogen and oxygen atoms in total. The number of benzene rings is 1. The van der Waals surface area contributed by atoms with Crippen LogP contribution in [0.1, 0.15) is 35.7 Å². The Kier molecular flexibility index (Phi) is 6.54. The molecular weight excluding hydrogens is 358 g/mol. The van der Waals surface area contributed by atoms with Gasteiger partial charge in [-0.3, -0.25) is 9.59 Å². The Bertz CT molecular complexity index is 720. The molecule has 7 heteroatoms. The number of carbonyl (C=O) groups excluding carboxylic acids is 3. The topological polar surface area (TPSA) is 70.2 Å². The van der Waals surface area contributed by atoms with Crippen LogP contribution in [-0.2, 0) is 9.53 Å². The molecule has 0 aromatic heterocycles. The highest BCUT2D eigenvalue weighted by molar-refractivity contribution is 5.94. The lowest BCUT2D eigenvalue weighted by Crippen LogP contribution is -2.53. The number of carbonyl (C=O) groups is 3. The zero-order chi connectivity index (χ0) is 20.1. The first kappa shape index (κ1) is 20.2. The molecule has 2 aliphatic heterocycles. The maximum atomic E-state index is 12.8. The van der Waals surface area contributed by atoms with Crippen LogP contribution < -0.4 is 0 Å². The molecule has 1 aromatic rings. The summed E-state index contributed by atoms with van der Waals surface area (Å²) in [5.74, 6) is 0.138. The molecule has 0 saturated carbocycles. The Balaban J connectivity index is 1.48. The van der Waals surface area contributed by atoms with E-state index in [9.17, 15) is 14.4 Å². The minimum atomic E-state index is -0.308. The molecule has 3 rings (SSSR count). The number of ether oxygens (including phenoxy) is 1.